The van der Waals surface area contributed by atoms with Crippen LogP contribution in [0.1, 0.15) is 68.7 Å². The van der Waals surface area contributed by atoms with Gasteiger partial charge in [-0.3, -0.25) is 4.79 Å². The summed E-state index contributed by atoms with van der Waals surface area (Å²) in [5.41, 5.74) is 3.39. The monoisotopic (exact) mass is 568 g/mol. The molecule has 0 saturated carbocycles. The van der Waals surface area contributed by atoms with Crippen molar-refractivity contribution in [2.24, 2.45) is 0 Å². The van der Waals surface area contributed by atoms with Crippen molar-refractivity contribution in [3.05, 3.63) is 53.0 Å². The van der Waals surface area contributed by atoms with Gasteiger partial charge in [-0.2, -0.15) is 0 Å². The summed E-state index contributed by atoms with van der Waals surface area (Å²) in [5, 5.41) is 13.1. The highest BCUT2D eigenvalue weighted by Crippen LogP contribution is 2.31. The molecule has 9 heteroatoms. The Morgan fingerprint density at radius 1 is 1.27 bits per heavy atom. The van der Waals surface area contributed by atoms with Gasteiger partial charge in [-0.25, -0.2) is 9.37 Å². The highest BCUT2D eigenvalue weighted by Gasteiger charge is 2.30. The Labute approximate surface area is 243 Å². The number of nitrogens with zero attached hydrogens (tertiary/aromatic N) is 3. The van der Waals surface area contributed by atoms with Crippen LogP contribution in [0, 0.1) is 5.82 Å². The fourth-order valence-electron chi connectivity index (χ4n) is 6.33. The summed E-state index contributed by atoms with van der Waals surface area (Å²) in [6.45, 7) is 9.88. The lowest BCUT2D eigenvalue weighted by atomic mass is 9.95. The summed E-state index contributed by atoms with van der Waals surface area (Å²) in [6.07, 6.45) is 6.29. The van der Waals surface area contributed by atoms with Crippen LogP contribution < -0.4 is 10.2 Å². The van der Waals surface area contributed by atoms with Crippen molar-refractivity contribution in [1.82, 2.24) is 9.88 Å². The highest BCUT2D eigenvalue weighted by molar-refractivity contribution is 5.68. The summed E-state index contributed by atoms with van der Waals surface area (Å²) in [5.74, 6) is -0.474. The van der Waals surface area contributed by atoms with Gasteiger partial charge >= 0.3 is 5.97 Å². The molecule has 0 amide bonds. The number of halogens is 1. The predicted octanol–water partition coefficient (Wildman–Crippen LogP) is 4.87. The summed E-state index contributed by atoms with van der Waals surface area (Å²) in [4.78, 5) is 21.0. The first-order chi connectivity index (χ1) is 19.8. The highest BCUT2D eigenvalue weighted by atomic mass is 19.1. The zero-order valence-corrected chi connectivity index (χ0v) is 24.5. The fraction of sp³-hybridized carbons (Fsp3) is 0.625. The molecule has 1 aromatic carbocycles. The maximum atomic E-state index is 14.9. The second kappa shape index (κ2) is 13.5. The maximum Gasteiger partial charge on any atom is 0.304 e. The number of carboxylic acids is 1. The summed E-state index contributed by atoms with van der Waals surface area (Å²) in [7, 11) is 0. The zero-order chi connectivity index (χ0) is 28.8. The molecule has 0 spiro atoms. The quantitative estimate of drug-likeness (QED) is 0.397. The number of likely N-dealkylation sites (tertiary alicyclic amines) is 1. The minimum Gasteiger partial charge on any atom is -0.481 e. The Kier molecular flexibility index (Phi) is 9.78. The Balaban J connectivity index is 1.15. The average Bonchev–Trinajstić information content (AvgIpc) is 2.95. The smallest absolute Gasteiger partial charge is 0.304 e. The van der Waals surface area contributed by atoms with E-state index in [0.29, 0.717) is 32.0 Å². The van der Waals surface area contributed by atoms with E-state index in [1.54, 1.807) is 6.07 Å². The van der Waals surface area contributed by atoms with E-state index in [4.69, 9.17) is 14.5 Å². The molecular formula is C32H45FN4O4. The number of benzene rings is 1. The van der Waals surface area contributed by atoms with Crippen LogP contribution in [-0.2, 0) is 27.1 Å². The van der Waals surface area contributed by atoms with Gasteiger partial charge in [0.25, 0.3) is 0 Å². The molecule has 2 N–H and O–H groups in total. The number of nitrogens with one attached hydrogen (secondary N) is 1. The van der Waals surface area contributed by atoms with Gasteiger partial charge in [0.15, 0.2) is 0 Å². The molecule has 0 bridgehead atoms. The molecule has 224 valence electrons. The third-order valence-electron chi connectivity index (χ3n) is 8.48. The first-order valence-corrected chi connectivity index (χ1v) is 15.2. The molecule has 5 rings (SSSR count). The van der Waals surface area contributed by atoms with Gasteiger partial charge in [0.05, 0.1) is 37.0 Å². The number of carbonyl (C=O) groups is 1. The van der Waals surface area contributed by atoms with Crippen LogP contribution in [-0.4, -0.2) is 85.1 Å². The second-order valence-electron chi connectivity index (χ2n) is 12.4. The van der Waals surface area contributed by atoms with E-state index in [9.17, 15) is 14.3 Å². The van der Waals surface area contributed by atoms with Gasteiger partial charge in [0.2, 0.25) is 0 Å². The number of pyridine rings is 1. The zero-order valence-electron chi connectivity index (χ0n) is 24.5. The van der Waals surface area contributed by atoms with E-state index in [0.717, 1.165) is 75.4 Å². The van der Waals surface area contributed by atoms with Crippen LogP contribution >= 0.6 is 0 Å². The normalized spacial score (nSPS) is 21.6. The fourth-order valence-corrected chi connectivity index (χ4v) is 6.33. The number of hydrogen-bond acceptors (Lipinski definition) is 7. The van der Waals surface area contributed by atoms with Gasteiger partial charge in [0, 0.05) is 37.8 Å². The number of rotatable bonds is 11. The number of aromatic nitrogens is 1. The van der Waals surface area contributed by atoms with Crippen molar-refractivity contribution < 1.29 is 23.8 Å². The molecule has 41 heavy (non-hydrogen) atoms. The van der Waals surface area contributed by atoms with Crippen molar-refractivity contribution in [3.63, 3.8) is 0 Å². The number of piperidine rings is 1. The van der Waals surface area contributed by atoms with Crippen LogP contribution in [0.2, 0.25) is 0 Å². The molecule has 2 atom stereocenters. The molecule has 8 nitrogen and oxygen atoms in total. The topological polar surface area (TPSA) is 87.2 Å². The van der Waals surface area contributed by atoms with E-state index in [-0.39, 0.29) is 29.9 Å². The average molecular weight is 569 g/mol. The van der Waals surface area contributed by atoms with E-state index in [1.807, 2.05) is 24.8 Å². The van der Waals surface area contributed by atoms with Crippen molar-refractivity contribution in [1.29, 1.82) is 0 Å². The molecule has 0 unspecified atom stereocenters. The molecule has 3 aliphatic rings. The third-order valence-corrected chi connectivity index (χ3v) is 8.48. The van der Waals surface area contributed by atoms with Crippen LogP contribution in [0.4, 0.5) is 15.9 Å². The number of hydrogen-bond donors (Lipinski definition) is 2. The van der Waals surface area contributed by atoms with Crippen molar-refractivity contribution in [2.45, 2.75) is 76.4 Å². The third kappa shape index (κ3) is 8.17. The first kappa shape index (κ1) is 29.7. The molecule has 2 aromatic rings. The molecular weight excluding hydrogens is 523 g/mol. The molecule has 3 aliphatic heterocycles. The number of fused-ring (bicyclic) bond motifs is 1. The first-order valence-electron chi connectivity index (χ1n) is 15.2. The molecule has 2 fully saturated rings. The molecule has 2 saturated heterocycles. The van der Waals surface area contributed by atoms with Crippen molar-refractivity contribution in [3.8, 4) is 0 Å². The molecule has 0 radical (unpaired) electrons. The lowest BCUT2D eigenvalue weighted by molar-refractivity contribution is -0.138. The van der Waals surface area contributed by atoms with E-state index in [2.05, 4.69) is 22.3 Å². The Hall–Kier alpha value is -2.75. The maximum absolute atomic E-state index is 14.9. The van der Waals surface area contributed by atoms with Gasteiger partial charge in [-0.1, -0.05) is 12.1 Å². The summed E-state index contributed by atoms with van der Waals surface area (Å²) < 4.78 is 27.0. The number of carboxylic acid groups (broad SMARTS) is 1. The molecule has 1 aromatic heterocycles. The summed E-state index contributed by atoms with van der Waals surface area (Å²) >= 11 is 0. The van der Waals surface area contributed by atoms with Crippen molar-refractivity contribution >= 4 is 17.5 Å². The molecule has 0 aliphatic carbocycles. The lowest BCUT2D eigenvalue weighted by Crippen LogP contribution is -2.48. The minimum atomic E-state index is -0.881. The van der Waals surface area contributed by atoms with E-state index < -0.39 is 5.97 Å². The Morgan fingerprint density at radius 3 is 2.98 bits per heavy atom. The van der Waals surface area contributed by atoms with Gasteiger partial charge in [-0.05, 0) is 94.8 Å². The number of anilines is 2. The largest absolute Gasteiger partial charge is 0.481 e. The molecule has 4 heterocycles. The summed E-state index contributed by atoms with van der Waals surface area (Å²) in [6, 6.07) is 9.35. The minimum absolute atomic E-state index is 0.0568. The Bertz CT molecular complexity index is 1190. The van der Waals surface area contributed by atoms with E-state index in [1.165, 1.54) is 18.1 Å². The van der Waals surface area contributed by atoms with Crippen LogP contribution in [0.15, 0.2) is 30.3 Å². The predicted molar refractivity (Wildman–Crippen MR) is 158 cm³/mol. The second-order valence-corrected chi connectivity index (χ2v) is 12.4. The van der Waals surface area contributed by atoms with Crippen molar-refractivity contribution in [2.75, 3.05) is 62.7 Å². The lowest BCUT2D eigenvalue weighted by Gasteiger charge is -2.39. The van der Waals surface area contributed by atoms with Gasteiger partial charge in [-0.15, -0.1) is 0 Å². The van der Waals surface area contributed by atoms with Crippen LogP contribution in [0.3, 0.4) is 0 Å². The van der Waals surface area contributed by atoms with Gasteiger partial charge < -0.3 is 29.7 Å². The number of ether oxygens (including phenoxy) is 2. The number of aliphatic carboxylic acids is 1. The van der Waals surface area contributed by atoms with Crippen LogP contribution in [0.5, 0.6) is 0 Å². The number of aryl methyl sites for hydroxylation is 2. The van der Waals surface area contributed by atoms with Crippen LogP contribution in [0.25, 0.3) is 0 Å². The number of morpholine rings is 1. The van der Waals surface area contributed by atoms with E-state index >= 15 is 0 Å². The Morgan fingerprint density at radius 2 is 2.15 bits per heavy atom. The van der Waals surface area contributed by atoms with Gasteiger partial charge in [0.1, 0.15) is 11.6 Å². The SMILES string of the molecule is CC1(C)CN(c2cc([C@H](CO[C@@H]3CCCN(CCCc4ccc5c(n4)NCCC5)C3)CC(=O)O)ccc2F)CCO1. The standard InChI is InChI=1S/C32H45FN4O4/c1-32(2)22-37(16-17-41-32)29-18-24(10-12-28(29)33)25(19-30(38)39)21-40-27-8-5-15-36(20-27)14-4-7-26-11-9-23-6-3-13-34-31(23)35-26/h9-12,18,25,27H,3-8,13-17,19-22H2,1-2H3,(H,34,35)(H,38,39)/t25-,27+/m0/s1.